The zero-order valence-electron chi connectivity index (χ0n) is 10.6. The number of hydrogen-bond donors (Lipinski definition) is 1. The summed E-state index contributed by atoms with van der Waals surface area (Å²) in [6.45, 7) is 5.16. The van der Waals surface area contributed by atoms with Crippen LogP contribution in [0.15, 0.2) is 0 Å². The first-order valence-electron chi connectivity index (χ1n) is 5.99. The Morgan fingerprint density at radius 1 is 1.59 bits per heavy atom. The molecule has 2 rings (SSSR count). The summed E-state index contributed by atoms with van der Waals surface area (Å²) < 4.78 is 7.20. The first-order chi connectivity index (χ1) is 8.09. The molecular formula is C12H19N3O2. The third kappa shape index (κ3) is 2.49. The molecule has 0 saturated carbocycles. The minimum atomic E-state index is -0.0522. The molecule has 0 aliphatic carbocycles. The van der Waals surface area contributed by atoms with Gasteiger partial charge in [-0.25, -0.2) is 0 Å². The lowest BCUT2D eigenvalue weighted by molar-refractivity contribution is 0.0856. The third-order valence-electron chi connectivity index (χ3n) is 3.25. The predicted molar refractivity (Wildman–Crippen MR) is 64.0 cm³/mol. The molecule has 1 saturated heterocycles. The SMILES string of the molecule is Cc1nn(C)c(C)c1C(=O)NC[C@H]1CCCO1. The molecule has 0 aromatic carbocycles. The van der Waals surface area contributed by atoms with Crippen LogP contribution < -0.4 is 5.32 Å². The summed E-state index contributed by atoms with van der Waals surface area (Å²) in [6, 6.07) is 0. The molecule has 2 heterocycles. The van der Waals surface area contributed by atoms with E-state index in [9.17, 15) is 4.79 Å². The van der Waals surface area contributed by atoms with Crippen molar-refractivity contribution < 1.29 is 9.53 Å². The van der Waals surface area contributed by atoms with Gasteiger partial charge in [0.15, 0.2) is 0 Å². The highest BCUT2D eigenvalue weighted by atomic mass is 16.5. The van der Waals surface area contributed by atoms with Gasteiger partial charge in [0, 0.05) is 25.9 Å². The van der Waals surface area contributed by atoms with Gasteiger partial charge in [-0.05, 0) is 26.7 Å². The average Bonchev–Trinajstić information content (AvgIpc) is 2.86. The lowest BCUT2D eigenvalue weighted by atomic mass is 10.1. The predicted octanol–water partition coefficient (Wildman–Crippen LogP) is 0.946. The number of carbonyl (C=O) groups excluding carboxylic acids is 1. The van der Waals surface area contributed by atoms with E-state index in [0.717, 1.165) is 30.8 Å². The molecule has 1 amide bonds. The van der Waals surface area contributed by atoms with Crippen molar-refractivity contribution in [3.05, 3.63) is 17.0 Å². The maximum Gasteiger partial charge on any atom is 0.255 e. The Bertz CT molecular complexity index is 420. The average molecular weight is 237 g/mol. The van der Waals surface area contributed by atoms with Crippen LogP contribution in [0.2, 0.25) is 0 Å². The lowest BCUT2D eigenvalue weighted by Gasteiger charge is -2.10. The molecule has 5 nitrogen and oxygen atoms in total. The van der Waals surface area contributed by atoms with Gasteiger partial charge in [-0.3, -0.25) is 9.48 Å². The number of carbonyl (C=O) groups is 1. The Hall–Kier alpha value is -1.36. The summed E-state index contributed by atoms with van der Waals surface area (Å²) in [5.41, 5.74) is 2.35. The maximum atomic E-state index is 12.0. The monoisotopic (exact) mass is 237 g/mol. The molecule has 1 fully saturated rings. The second-order valence-electron chi connectivity index (χ2n) is 4.51. The molecule has 0 radical (unpaired) electrons. The summed E-state index contributed by atoms with van der Waals surface area (Å²) in [6.07, 6.45) is 2.30. The van der Waals surface area contributed by atoms with E-state index in [1.807, 2.05) is 20.9 Å². The summed E-state index contributed by atoms with van der Waals surface area (Å²) in [5, 5.41) is 7.15. The Kier molecular flexibility index (Phi) is 3.47. The van der Waals surface area contributed by atoms with Gasteiger partial charge in [-0.1, -0.05) is 0 Å². The van der Waals surface area contributed by atoms with Gasteiger partial charge in [0.1, 0.15) is 0 Å². The van der Waals surface area contributed by atoms with Gasteiger partial charge >= 0.3 is 0 Å². The van der Waals surface area contributed by atoms with Crippen molar-refractivity contribution in [2.75, 3.05) is 13.2 Å². The van der Waals surface area contributed by atoms with Crippen LogP contribution in [-0.4, -0.2) is 34.9 Å². The zero-order valence-corrected chi connectivity index (χ0v) is 10.6. The van der Waals surface area contributed by atoms with Crippen LogP contribution in [0.4, 0.5) is 0 Å². The number of aryl methyl sites for hydroxylation is 2. The second-order valence-corrected chi connectivity index (χ2v) is 4.51. The minimum Gasteiger partial charge on any atom is -0.376 e. The standard InChI is InChI=1S/C12H19N3O2/c1-8-11(9(2)15(3)14-8)12(16)13-7-10-5-4-6-17-10/h10H,4-7H2,1-3H3,(H,13,16)/t10-/m1/s1. The number of nitrogens with zero attached hydrogens (tertiary/aromatic N) is 2. The van der Waals surface area contributed by atoms with Crippen LogP contribution in [0, 0.1) is 13.8 Å². The largest absolute Gasteiger partial charge is 0.376 e. The van der Waals surface area contributed by atoms with Gasteiger partial charge in [-0.2, -0.15) is 5.10 Å². The molecule has 17 heavy (non-hydrogen) atoms. The molecular weight excluding hydrogens is 218 g/mol. The second kappa shape index (κ2) is 4.87. The summed E-state index contributed by atoms with van der Waals surface area (Å²) in [7, 11) is 1.85. The van der Waals surface area contributed by atoms with E-state index in [2.05, 4.69) is 10.4 Å². The van der Waals surface area contributed by atoms with Gasteiger partial charge in [0.05, 0.1) is 17.4 Å². The Morgan fingerprint density at radius 3 is 2.88 bits per heavy atom. The number of aromatic nitrogens is 2. The summed E-state index contributed by atoms with van der Waals surface area (Å²) >= 11 is 0. The van der Waals surface area contributed by atoms with Gasteiger partial charge < -0.3 is 10.1 Å². The molecule has 1 aliphatic heterocycles. The molecule has 1 atom stereocenters. The summed E-state index contributed by atoms with van der Waals surface area (Å²) in [4.78, 5) is 12.0. The normalized spacial score (nSPS) is 19.6. The first-order valence-corrected chi connectivity index (χ1v) is 5.99. The maximum absolute atomic E-state index is 12.0. The van der Waals surface area contributed by atoms with Crippen molar-refractivity contribution in [3.8, 4) is 0 Å². The zero-order chi connectivity index (χ0) is 12.4. The van der Waals surface area contributed by atoms with Crippen LogP contribution in [-0.2, 0) is 11.8 Å². The number of rotatable bonds is 3. The quantitative estimate of drug-likeness (QED) is 0.851. The molecule has 1 N–H and O–H groups in total. The van der Waals surface area contributed by atoms with Crippen LogP contribution >= 0.6 is 0 Å². The van der Waals surface area contributed by atoms with E-state index < -0.39 is 0 Å². The van der Waals surface area contributed by atoms with Gasteiger partial charge in [-0.15, -0.1) is 0 Å². The van der Waals surface area contributed by atoms with Crippen LogP contribution in [0.1, 0.15) is 34.6 Å². The highest BCUT2D eigenvalue weighted by Gasteiger charge is 2.20. The number of ether oxygens (including phenoxy) is 1. The molecule has 5 heteroatoms. The Balaban J connectivity index is 1.99. The Labute approximate surface area is 101 Å². The van der Waals surface area contributed by atoms with Crippen molar-refractivity contribution in [2.24, 2.45) is 7.05 Å². The minimum absolute atomic E-state index is 0.0522. The molecule has 94 valence electrons. The molecule has 0 bridgehead atoms. The number of nitrogens with one attached hydrogen (secondary N) is 1. The first kappa shape index (κ1) is 12.1. The fourth-order valence-electron chi connectivity index (χ4n) is 2.20. The third-order valence-corrected chi connectivity index (χ3v) is 3.25. The highest BCUT2D eigenvalue weighted by molar-refractivity contribution is 5.96. The van der Waals surface area contributed by atoms with E-state index in [1.54, 1.807) is 4.68 Å². The van der Waals surface area contributed by atoms with Crippen molar-refractivity contribution in [2.45, 2.75) is 32.8 Å². The van der Waals surface area contributed by atoms with Crippen molar-refractivity contribution >= 4 is 5.91 Å². The fraction of sp³-hybridized carbons (Fsp3) is 0.667. The molecule has 0 spiro atoms. The van der Waals surface area contributed by atoms with E-state index in [4.69, 9.17) is 4.74 Å². The lowest BCUT2D eigenvalue weighted by Crippen LogP contribution is -2.32. The highest BCUT2D eigenvalue weighted by Crippen LogP contribution is 2.13. The van der Waals surface area contributed by atoms with Crippen molar-refractivity contribution in [1.82, 2.24) is 15.1 Å². The van der Waals surface area contributed by atoms with Crippen molar-refractivity contribution in [1.29, 1.82) is 0 Å². The van der Waals surface area contributed by atoms with Gasteiger partial charge in [0.2, 0.25) is 0 Å². The summed E-state index contributed by atoms with van der Waals surface area (Å²) in [5.74, 6) is -0.0522. The molecule has 1 aromatic rings. The van der Waals surface area contributed by atoms with E-state index in [1.165, 1.54) is 0 Å². The smallest absolute Gasteiger partial charge is 0.255 e. The number of hydrogen-bond acceptors (Lipinski definition) is 3. The van der Waals surface area contributed by atoms with Gasteiger partial charge in [0.25, 0.3) is 5.91 Å². The molecule has 1 aliphatic rings. The van der Waals surface area contributed by atoms with Crippen LogP contribution in [0.25, 0.3) is 0 Å². The topological polar surface area (TPSA) is 56.2 Å². The van der Waals surface area contributed by atoms with E-state index >= 15 is 0 Å². The molecule has 1 aromatic heterocycles. The van der Waals surface area contributed by atoms with E-state index in [-0.39, 0.29) is 12.0 Å². The Morgan fingerprint density at radius 2 is 2.35 bits per heavy atom. The fourth-order valence-corrected chi connectivity index (χ4v) is 2.20. The number of amides is 1. The van der Waals surface area contributed by atoms with Crippen LogP contribution in [0.5, 0.6) is 0 Å². The van der Waals surface area contributed by atoms with Crippen molar-refractivity contribution in [3.63, 3.8) is 0 Å². The van der Waals surface area contributed by atoms with Crippen LogP contribution in [0.3, 0.4) is 0 Å². The van der Waals surface area contributed by atoms with E-state index in [0.29, 0.717) is 12.1 Å². The molecule has 0 unspecified atom stereocenters.